The molecule has 0 saturated heterocycles. The zero-order valence-corrected chi connectivity index (χ0v) is 11.6. The highest BCUT2D eigenvalue weighted by Crippen LogP contribution is 2.21. The Hall–Kier alpha value is -1.89. The van der Waals surface area contributed by atoms with Crippen molar-refractivity contribution in [2.24, 2.45) is 0 Å². The monoisotopic (exact) mass is 284 g/mol. The van der Waals surface area contributed by atoms with Crippen molar-refractivity contribution in [3.63, 3.8) is 0 Å². The van der Waals surface area contributed by atoms with E-state index in [-0.39, 0.29) is 30.8 Å². The first-order valence-corrected chi connectivity index (χ1v) is 6.55. The molecule has 0 spiro atoms. The topological polar surface area (TPSA) is 84.5 Å². The van der Waals surface area contributed by atoms with E-state index in [4.69, 9.17) is 0 Å². The van der Waals surface area contributed by atoms with E-state index >= 15 is 0 Å². The Morgan fingerprint density at radius 3 is 2.68 bits per heavy atom. The Bertz CT molecular complexity index is 445. The zero-order valence-electron chi connectivity index (χ0n) is 10.8. The molecular weight excluding hydrogens is 268 g/mol. The average molecular weight is 284 g/mol. The summed E-state index contributed by atoms with van der Waals surface area (Å²) in [6, 6.07) is 3.31. The fourth-order valence-corrected chi connectivity index (χ4v) is 2.24. The zero-order chi connectivity index (χ0) is 14.3. The van der Waals surface area contributed by atoms with Crippen LogP contribution < -0.4 is 10.6 Å². The number of esters is 1. The van der Waals surface area contributed by atoms with Crippen molar-refractivity contribution in [1.29, 1.82) is 0 Å². The SMILES string of the molecule is COC(=O)CNC(=O)CC(NC(C)=O)c1cccs1. The van der Waals surface area contributed by atoms with Gasteiger partial charge in [-0.05, 0) is 11.4 Å². The fraction of sp³-hybridized carbons (Fsp3) is 0.417. The second kappa shape index (κ2) is 7.52. The number of nitrogens with one attached hydrogen (secondary N) is 2. The molecule has 1 rings (SSSR count). The third kappa shape index (κ3) is 5.52. The Balaban J connectivity index is 2.55. The predicted molar refractivity (Wildman–Crippen MR) is 70.5 cm³/mol. The Morgan fingerprint density at radius 2 is 2.16 bits per heavy atom. The third-order valence-corrected chi connectivity index (χ3v) is 3.30. The van der Waals surface area contributed by atoms with Gasteiger partial charge in [-0.25, -0.2) is 0 Å². The second-order valence-corrected chi connectivity index (χ2v) is 4.80. The number of carbonyl (C=O) groups is 3. The molecule has 0 aromatic carbocycles. The van der Waals surface area contributed by atoms with Crippen LogP contribution in [0.25, 0.3) is 0 Å². The normalized spacial score (nSPS) is 11.5. The van der Waals surface area contributed by atoms with Gasteiger partial charge in [-0.2, -0.15) is 0 Å². The minimum atomic E-state index is -0.513. The van der Waals surface area contributed by atoms with Crippen LogP contribution in [0, 0.1) is 0 Å². The first-order valence-electron chi connectivity index (χ1n) is 5.67. The van der Waals surface area contributed by atoms with Crippen molar-refractivity contribution in [1.82, 2.24) is 10.6 Å². The van der Waals surface area contributed by atoms with Gasteiger partial charge in [0.05, 0.1) is 19.6 Å². The number of hydrogen-bond donors (Lipinski definition) is 2. The van der Waals surface area contributed by atoms with E-state index in [1.165, 1.54) is 25.4 Å². The predicted octanol–water partition coefficient (Wildman–Crippen LogP) is 0.605. The van der Waals surface area contributed by atoms with Crippen LogP contribution in [0.15, 0.2) is 17.5 Å². The molecule has 0 fully saturated rings. The van der Waals surface area contributed by atoms with Gasteiger partial charge in [0.1, 0.15) is 6.54 Å². The summed E-state index contributed by atoms with van der Waals surface area (Å²) in [5.41, 5.74) is 0. The van der Waals surface area contributed by atoms with Crippen LogP contribution in [0.5, 0.6) is 0 Å². The molecule has 0 aliphatic heterocycles. The van der Waals surface area contributed by atoms with Gasteiger partial charge in [-0.15, -0.1) is 11.3 Å². The molecular formula is C12H16N2O4S. The molecule has 104 valence electrons. The highest BCUT2D eigenvalue weighted by Gasteiger charge is 2.18. The summed E-state index contributed by atoms with van der Waals surface area (Å²) in [4.78, 5) is 34.6. The van der Waals surface area contributed by atoms with Gasteiger partial charge in [0.25, 0.3) is 0 Å². The molecule has 6 nitrogen and oxygen atoms in total. The summed E-state index contributed by atoms with van der Waals surface area (Å²) >= 11 is 1.46. The lowest BCUT2D eigenvalue weighted by molar-refractivity contribution is -0.141. The van der Waals surface area contributed by atoms with Crippen molar-refractivity contribution in [3.8, 4) is 0 Å². The van der Waals surface area contributed by atoms with Crippen LogP contribution in [0.2, 0.25) is 0 Å². The number of thiophene rings is 1. The molecule has 1 unspecified atom stereocenters. The number of ether oxygens (including phenoxy) is 1. The van der Waals surface area contributed by atoms with Gasteiger partial charge < -0.3 is 15.4 Å². The number of methoxy groups -OCH3 is 1. The van der Waals surface area contributed by atoms with Crippen molar-refractivity contribution >= 4 is 29.1 Å². The van der Waals surface area contributed by atoms with E-state index < -0.39 is 5.97 Å². The Morgan fingerprint density at radius 1 is 1.42 bits per heavy atom. The highest BCUT2D eigenvalue weighted by molar-refractivity contribution is 7.10. The summed E-state index contributed by atoms with van der Waals surface area (Å²) in [5, 5.41) is 7.02. The summed E-state index contributed by atoms with van der Waals surface area (Å²) in [7, 11) is 1.25. The molecule has 1 heterocycles. The van der Waals surface area contributed by atoms with E-state index in [9.17, 15) is 14.4 Å². The van der Waals surface area contributed by atoms with Crippen LogP contribution in [0.3, 0.4) is 0 Å². The van der Waals surface area contributed by atoms with E-state index in [0.717, 1.165) is 4.88 Å². The molecule has 1 aromatic rings. The summed E-state index contributed by atoms with van der Waals surface area (Å²) in [5.74, 6) is -1.04. The molecule has 7 heteroatoms. The second-order valence-electron chi connectivity index (χ2n) is 3.83. The van der Waals surface area contributed by atoms with Crippen molar-refractivity contribution < 1.29 is 19.1 Å². The standard InChI is InChI=1S/C12H16N2O4S/c1-8(15)14-9(10-4-3-5-19-10)6-11(16)13-7-12(17)18-2/h3-5,9H,6-7H2,1-2H3,(H,13,16)(H,14,15). The molecule has 1 atom stereocenters. The van der Waals surface area contributed by atoms with Crippen LogP contribution in [-0.2, 0) is 19.1 Å². The highest BCUT2D eigenvalue weighted by atomic mass is 32.1. The summed E-state index contributed by atoms with van der Waals surface area (Å²) in [6.07, 6.45) is 0.0804. The lowest BCUT2D eigenvalue weighted by Crippen LogP contribution is -2.34. The quantitative estimate of drug-likeness (QED) is 0.749. The Kier molecular flexibility index (Phi) is 6.01. The maximum Gasteiger partial charge on any atom is 0.325 e. The minimum Gasteiger partial charge on any atom is -0.468 e. The van der Waals surface area contributed by atoms with Crippen LogP contribution >= 0.6 is 11.3 Å². The van der Waals surface area contributed by atoms with E-state index in [1.807, 2.05) is 17.5 Å². The van der Waals surface area contributed by atoms with Gasteiger partial charge in [0, 0.05) is 11.8 Å². The number of carbonyl (C=O) groups excluding carboxylic acids is 3. The van der Waals surface area contributed by atoms with E-state index in [2.05, 4.69) is 15.4 Å². The van der Waals surface area contributed by atoms with Crippen molar-refractivity contribution in [2.75, 3.05) is 13.7 Å². The maximum atomic E-state index is 11.7. The summed E-state index contributed by atoms with van der Waals surface area (Å²) < 4.78 is 4.42. The van der Waals surface area contributed by atoms with Crippen molar-refractivity contribution in [3.05, 3.63) is 22.4 Å². The molecule has 2 amide bonds. The van der Waals surface area contributed by atoms with Gasteiger partial charge in [0.2, 0.25) is 11.8 Å². The first kappa shape index (κ1) is 15.2. The molecule has 19 heavy (non-hydrogen) atoms. The molecule has 0 saturated carbocycles. The molecule has 0 aliphatic rings. The first-order chi connectivity index (χ1) is 9.02. The van der Waals surface area contributed by atoms with Crippen LogP contribution in [0.1, 0.15) is 24.3 Å². The van der Waals surface area contributed by atoms with Crippen molar-refractivity contribution in [2.45, 2.75) is 19.4 Å². The number of hydrogen-bond acceptors (Lipinski definition) is 5. The maximum absolute atomic E-state index is 11.7. The largest absolute Gasteiger partial charge is 0.468 e. The molecule has 1 aromatic heterocycles. The van der Waals surface area contributed by atoms with Crippen LogP contribution in [0.4, 0.5) is 0 Å². The van der Waals surface area contributed by atoms with E-state index in [0.29, 0.717) is 0 Å². The lowest BCUT2D eigenvalue weighted by Gasteiger charge is -2.15. The molecule has 0 aliphatic carbocycles. The van der Waals surface area contributed by atoms with Gasteiger partial charge >= 0.3 is 5.97 Å². The van der Waals surface area contributed by atoms with Gasteiger partial charge in [0.15, 0.2) is 0 Å². The smallest absolute Gasteiger partial charge is 0.325 e. The third-order valence-electron chi connectivity index (χ3n) is 2.31. The van der Waals surface area contributed by atoms with E-state index in [1.54, 1.807) is 0 Å². The summed E-state index contributed by atoms with van der Waals surface area (Å²) in [6.45, 7) is 1.22. The number of amides is 2. The minimum absolute atomic E-state index is 0.0804. The van der Waals surface area contributed by atoms with Crippen LogP contribution in [-0.4, -0.2) is 31.4 Å². The number of rotatable bonds is 6. The lowest BCUT2D eigenvalue weighted by atomic mass is 10.1. The molecule has 0 radical (unpaired) electrons. The Labute approximate surface area is 115 Å². The van der Waals surface area contributed by atoms with Gasteiger partial charge in [-0.3, -0.25) is 14.4 Å². The molecule has 2 N–H and O–H groups in total. The molecule has 0 bridgehead atoms. The van der Waals surface area contributed by atoms with Gasteiger partial charge in [-0.1, -0.05) is 6.07 Å². The average Bonchev–Trinajstić information content (AvgIpc) is 2.88. The fourth-order valence-electron chi connectivity index (χ4n) is 1.46.